The molecule has 2 rings (SSSR count). The first-order chi connectivity index (χ1) is 10.5. The molecule has 2 aromatic heterocycles. The SMILES string of the molecule is CCCOc1ccc([N+](=O)[O-])c(N(C)Cc2cnc(Cl)s2)n1. The van der Waals surface area contributed by atoms with E-state index in [1.54, 1.807) is 18.1 Å². The van der Waals surface area contributed by atoms with Gasteiger partial charge in [-0.2, -0.15) is 4.98 Å². The van der Waals surface area contributed by atoms with Gasteiger partial charge < -0.3 is 9.64 Å². The van der Waals surface area contributed by atoms with Gasteiger partial charge in [-0.25, -0.2) is 4.98 Å². The normalized spacial score (nSPS) is 10.5. The Kier molecular flexibility index (Phi) is 5.51. The zero-order valence-corrected chi connectivity index (χ0v) is 13.7. The number of halogens is 1. The van der Waals surface area contributed by atoms with E-state index in [4.69, 9.17) is 16.3 Å². The molecular weight excluding hydrogens is 328 g/mol. The van der Waals surface area contributed by atoms with E-state index in [0.29, 0.717) is 23.5 Å². The maximum absolute atomic E-state index is 11.2. The lowest BCUT2D eigenvalue weighted by Crippen LogP contribution is -2.19. The molecule has 0 N–H and O–H groups in total. The predicted octanol–water partition coefficient (Wildman–Crippen LogP) is 3.52. The monoisotopic (exact) mass is 342 g/mol. The van der Waals surface area contributed by atoms with E-state index >= 15 is 0 Å². The molecule has 0 radical (unpaired) electrons. The van der Waals surface area contributed by atoms with Crippen LogP contribution in [0.15, 0.2) is 18.3 Å². The maximum Gasteiger partial charge on any atom is 0.311 e. The standard InChI is InChI=1S/C13H15ClN4O3S/c1-3-6-21-11-5-4-10(18(19)20)12(16-11)17(2)8-9-7-15-13(14)22-9/h4-5,7H,3,6,8H2,1-2H3. The summed E-state index contributed by atoms with van der Waals surface area (Å²) in [6.45, 7) is 2.92. The first kappa shape index (κ1) is 16.4. The summed E-state index contributed by atoms with van der Waals surface area (Å²) in [7, 11) is 1.73. The van der Waals surface area contributed by atoms with Crippen LogP contribution in [0.1, 0.15) is 18.2 Å². The smallest absolute Gasteiger partial charge is 0.311 e. The fourth-order valence-electron chi connectivity index (χ4n) is 1.80. The van der Waals surface area contributed by atoms with Gasteiger partial charge in [-0.15, -0.1) is 11.3 Å². The molecule has 0 aromatic carbocycles. The van der Waals surface area contributed by atoms with Gasteiger partial charge in [0, 0.05) is 30.3 Å². The van der Waals surface area contributed by atoms with E-state index in [9.17, 15) is 10.1 Å². The molecule has 0 spiro atoms. The van der Waals surface area contributed by atoms with Gasteiger partial charge in [-0.3, -0.25) is 10.1 Å². The predicted molar refractivity (Wildman–Crippen MR) is 85.9 cm³/mol. The fourth-order valence-corrected chi connectivity index (χ4v) is 2.83. The van der Waals surface area contributed by atoms with Crippen molar-refractivity contribution in [2.45, 2.75) is 19.9 Å². The Balaban J connectivity index is 2.26. The average Bonchev–Trinajstić information content (AvgIpc) is 2.89. The number of anilines is 1. The summed E-state index contributed by atoms with van der Waals surface area (Å²) < 4.78 is 5.88. The third-order valence-corrected chi connectivity index (χ3v) is 3.86. The average molecular weight is 343 g/mol. The van der Waals surface area contributed by atoms with Crippen LogP contribution in [-0.2, 0) is 6.54 Å². The quantitative estimate of drug-likeness (QED) is 0.565. The number of hydrogen-bond donors (Lipinski definition) is 0. The van der Waals surface area contributed by atoms with E-state index in [-0.39, 0.29) is 11.5 Å². The van der Waals surface area contributed by atoms with Gasteiger partial charge in [-0.05, 0) is 6.42 Å². The molecule has 0 saturated heterocycles. The largest absolute Gasteiger partial charge is 0.478 e. The Morgan fingerprint density at radius 3 is 2.86 bits per heavy atom. The van der Waals surface area contributed by atoms with Crippen molar-refractivity contribution in [2.24, 2.45) is 0 Å². The third-order valence-electron chi connectivity index (χ3n) is 2.76. The molecule has 0 aliphatic rings. The van der Waals surface area contributed by atoms with Crippen molar-refractivity contribution in [1.82, 2.24) is 9.97 Å². The van der Waals surface area contributed by atoms with E-state index < -0.39 is 4.92 Å². The van der Waals surface area contributed by atoms with Crippen LogP contribution in [0.4, 0.5) is 11.5 Å². The molecule has 0 fully saturated rings. The van der Waals surface area contributed by atoms with Gasteiger partial charge in [0.2, 0.25) is 11.7 Å². The van der Waals surface area contributed by atoms with Crippen LogP contribution in [0.25, 0.3) is 0 Å². The molecule has 0 bridgehead atoms. The molecule has 118 valence electrons. The highest BCUT2D eigenvalue weighted by molar-refractivity contribution is 7.15. The Labute approximate surface area is 136 Å². The Morgan fingerprint density at radius 1 is 1.50 bits per heavy atom. The van der Waals surface area contributed by atoms with Crippen LogP contribution in [0.5, 0.6) is 5.88 Å². The summed E-state index contributed by atoms with van der Waals surface area (Å²) in [6.07, 6.45) is 2.48. The second kappa shape index (κ2) is 7.37. The number of nitro groups is 1. The Morgan fingerprint density at radius 2 is 2.27 bits per heavy atom. The molecule has 0 saturated carbocycles. The second-order valence-corrected chi connectivity index (χ2v) is 6.23. The third kappa shape index (κ3) is 4.05. The van der Waals surface area contributed by atoms with Gasteiger partial charge in [0.1, 0.15) is 0 Å². The Bertz CT molecular complexity index is 664. The molecule has 0 atom stereocenters. The maximum atomic E-state index is 11.2. The summed E-state index contributed by atoms with van der Waals surface area (Å²) in [5.74, 6) is 0.625. The van der Waals surface area contributed by atoms with Gasteiger partial charge in [0.25, 0.3) is 0 Å². The van der Waals surface area contributed by atoms with Gasteiger partial charge in [-0.1, -0.05) is 18.5 Å². The number of pyridine rings is 1. The number of hydrogen-bond acceptors (Lipinski definition) is 7. The summed E-state index contributed by atoms with van der Waals surface area (Å²) in [6, 6.07) is 2.91. The fraction of sp³-hybridized carbons (Fsp3) is 0.385. The number of nitrogens with zero attached hydrogens (tertiary/aromatic N) is 4. The van der Waals surface area contributed by atoms with Crippen molar-refractivity contribution in [1.29, 1.82) is 0 Å². The highest BCUT2D eigenvalue weighted by Crippen LogP contribution is 2.30. The van der Waals surface area contributed by atoms with Crippen molar-refractivity contribution in [3.05, 3.63) is 37.8 Å². The molecular formula is C13H15ClN4O3S. The van der Waals surface area contributed by atoms with Crippen molar-refractivity contribution in [3.63, 3.8) is 0 Å². The second-order valence-electron chi connectivity index (χ2n) is 4.53. The zero-order chi connectivity index (χ0) is 16.1. The Hall–Kier alpha value is -1.93. The minimum atomic E-state index is -0.456. The first-order valence-electron chi connectivity index (χ1n) is 6.60. The lowest BCUT2D eigenvalue weighted by Gasteiger charge is -2.17. The molecule has 0 unspecified atom stereocenters. The number of rotatable bonds is 7. The lowest BCUT2D eigenvalue weighted by atomic mass is 10.3. The summed E-state index contributed by atoms with van der Waals surface area (Å²) in [5, 5.41) is 11.2. The first-order valence-corrected chi connectivity index (χ1v) is 7.80. The van der Waals surface area contributed by atoms with Gasteiger partial charge >= 0.3 is 5.69 Å². The van der Waals surface area contributed by atoms with Crippen molar-refractivity contribution in [2.75, 3.05) is 18.6 Å². The molecule has 2 heterocycles. The molecule has 0 aliphatic heterocycles. The molecule has 7 nitrogen and oxygen atoms in total. The summed E-state index contributed by atoms with van der Waals surface area (Å²) in [4.78, 5) is 21.5. The number of ether oxygens (including phenoxy) is 1. The minimum absolute atomic E-state index is 0.0676. The zero-order valence-electron chi connectivity index (χ0n) is 12.2. The lowest BCUT2D eigenvalue weighted by molar-refractivity contribution is -0.384. The van der Waals surface area contributed by atoms with Crippen molar-refractivity contribution in [3.8, 4) is 5.88 Å². The van der Waals surface area contributed by atoms with E-state index in [1.165, 1.54) is 23.5 Å². The molecule has 0 amide bonds. The van der Waals surface area contributed by atoms with Gasteiger partial charge in [0.05, 0.1) is 18.1 Å². The summed E-state index contributed by atoms with van der Waals surface area (Å²) >= 11 is 7.13. The van der Waals surface area contributed by atoms with Crippen LogP contribution >= 0.6 is 22.9 Å². The van der Waals surface area contributed by atoms with E-state index in [0.717, 1.165) is 11.3 Å². The highest BCUT2D eigenvalue weighted by Gasteiger charge is 2.21. The van der Waals surface area contributed by atoms with Crippen molar-refractivity contribution >= 4 is 34.4 Å². The molecule has 2 aromatic rings. The van der Waals surface area contributed by atoms with E-state index in [2.05, 4.69) is 9.97 Å². The van der Waals surface area contributed by atoms with Crippen molar-refractivity contribution < 1.29 is 9.66 Å². The van der Waals surface area contributed by atoms with Crippen LogP contribution < -0.4 is 9.64 Å². The summed E-state index contributed by atoms with van der Waals surface area (Å²) in [5.41, 5.74) is -0.0676. The minimum Gasteiger partial charge on any atom is -0.478 e. The van der Waals surface area contributed by atoms with Crippen LogP contribution in [0, 0.1) is 10.1 Å². The highest BCUT2D eigenvalue weighted by atomic mass is 35.5. The van der Waals surface area contributed by atoms with Gasteiger partial charge in [0.15, 0.2) is 4.47 Å². The van der Waals surface area contributed by atoms with Crippen LogP contribution in [-0.4, -0.2) is 28.5 Å². The van der Waals surface area contributed by atoms with Crippen LogP contribution in [0.2, 0.25) is 4.47 Å². The molecule has 9 heteroatoms. The topological polar surface area (TPSA) is 81.4 Å². The molecule has 0 aliphatic carbocycles. The number of aromatic nitrogens is 2. The van der Waals surface area contributed by atoms with Crippen LogP contribution in [0.3, 0.4) is 0 Å². The number of thiazole rings is 1. The molecule has 22 heavy (non-hydrogen) atoms. The van der Waals surface area contributed by atoms with E-state index in [1.807, 2.05) is 6.92 Å².